The number of alkyl halides is 3. The van der Waals surface area contributed by atoms with Crippen LogP contribution in [-0.2, 0) is 12.6 Å². The van der Waals surface area contributed by atoms with E-state index in [1.54, 1.807) is 6.07 Å². The fraction of sp³-hybridized carbons (Fsp3) is 0.125. The average Bonchev–Trinajstić information content (AvgIpc) is 2.80. The molecule has 1 nitrogen and oxygen atoms in total. The SMILES string of the molecule is FC(F)(F)c1cccc(Cc2cc3ccccc3o2)c1. The van der Waals surface area contributed by atoms with E-state index in [1.807, 2.05) is 30.3 Å². The van der Waals surface area contributed by atoms with Crippen molar-refractivity contribution in [2.75, 3.05) is 0 Å². The van der Waals surface area contributed by atoms with E-state index in [9.17, 15) is 13.2 Å². The Bertz CT molecular complexity index is 708. The highest BCUT2D eigenvalue weighted by Gasteiger charge is 2.30. The molecule has 1 heterocycles. The summed E-state index contributed by atoms with van der Waals surface area (Å²) in [5, 5.41) is 0.953. The molecule has 3 rings (SSSR count). The van der Waals surface area contributed by atoms with Gasteiger partial charge in [-0.2, -0.15) is 13.2 Å². The van der Waals surface area contributed by atoms with Gasteiger partial charge in [-0.3, -0.25) is 0 Å². The second-order valence-corrected chi connectivity index (χ2v) is 4.63. The van der Waals surface area contributed by atoms with Crippen LogP contribution in [-0.4, -0.2) is 0 Å². The van der Waals surface area contributed by atoms with Crippen molar-refractivity contribution in [3.8, 4) is 0 Å². The molecule has 0 amide bonds. The Morgan fingerprint density at radius 2 is 1.70 bits per heavy atom. The molecule has 0 fully saturated rings. The van der Waals surface area contributed by atoms with Gasteiger partial charge in [0.15, 0.2) is 0 Å². The van der Waals surface area contributed by atoms with Gasteiger partial charge in [0.1, 0.15) is 11.3 Å². The predicted octanol–water partition coefficient (Wildman–Crippen LogP) is 5.04. The van der Waals surface area contributed by atoms with Crippen LogP contribution in [0.25, 0.3) is 11.0 Å². The molecule has 20 heavy (non-hydrogen) atoms. The van der Waals surface area contributed by atoms with E-state index in [0.717, 1.165) is 23.1 Å². The van der Waals surface area contributed by atoms with E-state index in [-0.39, 0.29) is 0 Å². The van der Waals surface area contributed by atoms with Gasteiger partial charge in [-0.1, -0.05) is 36.4 Å². The van der Waals surface area contributed by atoms with Crippen LogP contribution in [0.1, 0.15) is 16.9 Å². The minimum atomic E-state index is -4.32. The molecule has 0 atom stereocenters. The van der Waals surface area contributed by atoms with Gasteiger partial charge >= 0.3 is 6.18 Å². The summed E-state index contributed by atoms with van der Waals surface area (Å²) in [4.78, 5) is 0. The first-order chi connectivity index (χ1) is 9.52. The maximum absolute atomic E-state index is 12.7. The number of benzene rings is 2. The van der Waals surface area contributed by atoms with Gasteiger partial charge in [0, 0.05) is 11.8 Å². The second kappa shape index (κ2) is 4.71. The van der Waals surface area contributed by atoms with Crippen LogP contribution in [0.5, 0.6) is 0 Å². The van der Waals surface area contributed by atoms with Gasteiger partial charge in [0.2, 0.25) is 0 Å². The molecule has 102 valence electrons. The van der Waals surface area contributed by atoms with Gasteiger partial charge in [-0.15, -0.1) is 0 Å². The fourth-order valence-electron chi connectivity index (χ4n) is 2.18. The lowest BCUT2D eigenvalue weighted by Crippen LogP contribution is -2.05. The molecule has 0 unspecified atom stereocenters. The predicted molar refractivity (Wildman–Crippen MR) is 70.5 cm³/mol. The molecule has 0 N–H and O–H groups in total. The largest absolute Gasteiger partial charge is 0.461 e. The van der Waals surface area contributed by atoms with Gasteiger partial charge in [0.25, 0.3) is 0 Å². The first-order valence-corrected chi connectivity index (χ1v) is 6.16. The lowest BCUT2D eigenvalue weighted by atomic mass is 10.1. The molecule has 0 aliphatic carbocycles. The van der Waals surface area contributed by atoms with Gasteiger partial charge in [-0.05, 0) is 23.8 Å². The van der Waals surface area contributed by atoms with Crippen LogP contribution in [0.2, 0.25) is 0 Å². The van der Waals surface area contributed by atoms with Crippen molar-refractivity contribution in [1.29, 1.82) is 0 Å². The van der Waals surface area contributed by atoms with E-state index in [4.69, 9.17) is 4.42 Å². The summed E-state index contributed by atoms with van der Waals surface area (Å²) in [7, 11) is 0. The van der Waals surface area contributed by atoms with Crippen molar-refractivity contribution < 1.29 is 17.6 Å². The highest BCUT2D eigenvalue weighted by atomic mass is 19.4. The quantitative estimate of drug-likeness (QED) is 0.639. The fourth-order valence-corrected chi connectivity index (χ4v) is 2.18. The zero-order valence-electron chi connectivity index (χ0n) is 10.4. The first kappa shape index (κ1) is 12.8. The minimum Gasteiger partial charge on any atom is -0.461 e. The normalized spacial score (nSPS) is 11.9. The maximum atomic E-state index is 12.7. The zero-order valence-corrected chi connectivity index (χ0v) is 10.4. The summed E-state index contributed by atoms with van der Waals surface area (Å²) in [5.41, 5.74) is 0.694. The Morgan fingerprint density at radius 3 is 2.45 bits per heavy atom. The Labute approximate surface area is 113 Å². The molecule has 1 aromatic heterocycles. The lowest BCUT2D eigenvalue weighted by molar-refractivity contribution is -0.137. The van der Waals surface area contributed by atoms with E-state index < -0.39 is 11.7 Å². The Hall–Kier alpha value is -2.23. The van der Waals surface area contributed by atoms with Crippen molar-refractivity contribution in [3.63, 3.8) is 0 Å². The van der Waals surface area contributed by atoms with Gasteiger partial charge in [-0.25, -0.2) is 0 Å². The molecule has 0 spiro atoms. The van der Waals surface area contributed by atoms with Crippen LogP contribution in [0.15, 0.2) is 59.0 Å². The summed E-state index contributed by atoms with van der Waals surface area (Å²) in [6, 6.07) is 14.7. The smallest absolute Gasteiger partial charge is 0.416 e. The molecule has 0 saturated carbocycles. The standard InChI is InChI=1S/C16H11F3O/c17-16(18,19)13-6-3-4-11(8-13)9-14-10-12-5-1-2-7-15(12)20-14/h1-8,10H,9H2. The molecule has 3 aromatic rings. The van der Waals surface area contributed by atoms with Crippen LogP contribution in [0.3, 0.4) is 0 Å². The summed E-state index contributed by atoms with van der Waals surface area (Å²) < 4.78 is 43.6. The highest BCUT2D eigenvalue weighted by Crippen LogP contribution is 2.30. The zero-order chi connectivity index (χ0) is 14.2. The van der Waals surface area contributed by atoms with Crippen molar-refractivity contribution in [2.24, 2.45) is 0 Å². The van der Waals surface area contributed by atoms with Crippen LogP contribution in [0, 0.1) is 0 Å². The van der Waals surface area contributed by atoms with Crippen molar-refractivity contribution in [1.82, 2.24) is 0 Å². The first-order valence-electron chi connectivity index (χ1n) is 6.16. The van der Waals surface area contributed by atoms with Crippen LogP contribution < -0.4 is 0 Å². The lowest BCUT2D eigenvalue weighted by Gasteiger charge is -2.07. The number of hydrogen-bond donors (Lipinski definition) is 0. The molecule has 2 aromatic carbocycles. The third kappa shape index (κ3) is 2.54. The summed E-state index contributed by atoms with van der Waals surface area (Å²) in [5.74, 6) is 0.658. The van der Waals surface area contributed by atoms with Crippen LogP contribution >= 0.6 is 0 Å². The van der Waals surface area contributed by atoms with Crippen molar-refractivity contribution >= 4 is 11.0 Å². The Balaban J connectivity index is 1.91. The number of halogens is 3. The summed E-state index contributed by atoms with van der Waals surface area (Å²) in [6.45, 7) is 0. The number of fused-ring (bicyclic) bond motifs is 1. The average molecular weight is 276 g/mol. The topological polar surface area (TPSA) is 13.1 Å². The van der Waals surface area contributed by atoms with Gasteiger partial charge < -0.3 is 4.42 Å². The number of hydrogen-bond acceptors (Lipinski definition) is 1. The second-order valence-electron chi connectivity index (χ2n) is 4.63. The van der Waals surface area contributed by atoms with Crippen LogP contribution in [0.4, 0.5) is 13.2 Å². The highest BCUT2D eigenvalue weighted by molar-refractivity contribution is 5.77. The third-order valence-electron chi connectivity index (χ3n) is 3.11. The third-order valence-corrected chi connectivity index (χ3v) is 3.11. The Morgan fingerprint density at radius 1 is 0.900 bits per heavy atom. The molecule has 0 bridgehead atoms. The molecule has 4 heteroatoms. The molecular formula is C16H11F3O. The van der Waals surface area contributed by atoms with Crippen molar-refractivity contribution in [3.05, 3.63) is 71.5 Å². The Kier molecular flexibility index (Phi) is 3.01. The van der Waals surface area contributed by atoms with E-state index in [0.29, 0.717) is 17.7 Å². The summed E-state index contributed by atoms with van der Waals surface area (Å²) >= 11 is 0. The summed E-state index contributed by atoms with van der Waals surface area (Å²) in [6.07, 6.45) is -3.97. The molecule has 0 aliphatic rings. The number of furan rings is 1. The van der Waals surface area contributed by atoms with Gasteiger partial charge in [0.05, 0.1) is 5.56 Å². The molecule has 0 saturated heterocycles. The number of rotatable bonds is 2. The monoisotopic (exact) mass is 276 g/mol. The maximum Gasteiger partial charge on any atom is 0.416 e. The van der Waals surface area contributed by atoms with Crippen molar-refractivity contribution in [2.45, 2.75) is 12.6 Å². The molecule has 0 aliphatic heterocycles. The molecule has 0 radical (unpaired) electrons. The van der Waals surface area contributed by atoms with E-state index in [1.165, 1.54) is 6.07 Å². The van der Waals surface area contributed by atoms with E-state index in [2.05, 4.69) is 0 Å². The number of para-hydroxylation sites is 1. The molecular weight excluding hydrogens is 265 g/mol. The minimum absolute atomic E-state index is 0.346. The van der Waals surface area contributed by atoms with E-state index >= 15 is 0 Å².